The number of H-pyrrole nitrogens is 1. The Hall–Kier alpha value is -1.88. The van der Waals surface area contributed by atoms with Crippen molar-refractivity contribution in [2.75, 3.05) is 20.1 Å². The molecule has 0 amide bonds. The number of fused-ring (bicyclic) bond motifs is 1. The fourth-order valence-electron chi connectivity index (χ4n) is 3.35. The van der Waals surface area contributed by atoms with Gasteiger partial charge < -0.3 is 14.6 Å². The zero-order chi connectivity index (χ0) is 17.2. The number of benzene rings is 2. The fourth-order valence-corrected chi connectivity index (χ4v) is 3.47. The normalized spacial score (nSPS) is 17.8. The van der Waals surface area contributed by atoms with Gasteiger partial charge in [-0.25, -0.2) is 4.98 Å². The Morgan fingerprint density at radius 3 is 2.56 bits per heavy atom. The number of halogens is 1. The van der Waals surface area contributed by atoms with Crippen LogP contribution in [0.1, 0.15) is 30.3 Å². The Balaban J connectivity index is 1.66. The Bertz CT molecular complexity index is 805. The zero-order valence-electron chi connectivity index (χ0n) is 14.3. The highest BCUT2D eigenvalue weighted by atomic mass is 35.5. The molecule has 1 N–H and O–H groups in total. The summed E-state index contributed by atoms with van der Waals surface area (Å²) in [5.41, 5.74) is 3.06. The molecule has 0 aliphatic carbocycles. The van der Waals surface area contributed by atoms with Gasteiger partial charge in [-0.1, -0.05) is 35.9 Å². The first-order chi connectivity index (χ1) is 12.2. The minimum Gasteiger partial charge on any atom is -0.362 e. The molecule has 4 rings (SSSR count). The summed E-state index contributed by atoms with van der Waals surface area (Å²) in [7, 11) is 2.16. The first-order valence-corrected chi connectivity index (χ1v) is 9.11. The van der Waals surface area contributed by atoms with E-state index in [2.05, 4.69) is 16.9 Å². The van der Waals surface area contributed by atoms with Crippen LogP contribution in [0.15, 0.2) is 48.5 Å². The molecule has 1 unspecified atom stereocenters. The number of ether oxygens (including phenoxy) is 1. The van der Waals surface area contributed by atoms with Gasteiger partial charge in [0.2, 0.25) is 0 Å². The maximum absolute atomic E-state index is 6.52. The number of rotatable bonds is 4. The topological polar surface area (TPSA) is 41.1 Å². The number of imidazole rings is 1. The third-order valence-corrected chi connectivity index (χ3v) is 5.07. The van der Waals surface area contributed by atoms with Gasteiger partial charge in [0.1, 0.15) is 11.9 Å². The van der Waals surface area contributed by atoms with E-state index in [1.807, 2.05) is 48.5 Å². The molecule has 3 aromatic rings. The van der Waals surface area contributed by atoms with Crippen LogP contribution >= 0.6 is 11.6 Å². The van der Waals surface area contributed by atoms with E-state index in [4.69, 9.17) is 21.3 Å². The standard InChI is InChI=1S/C20H22ClN3O/c1-24-12-10-16(11-13-24)25-19(14-6-8-15(21)9-7-14)20-22-17-4-2-3-5-18(17)23-20/h2-9,16,19H,10-13H2,1H3,(H,22,23). The summed E-state index contributed by atoms with van der Waals surface area (Å²) in [6.45, 7) is 2.14. The van der Waals surface area contributed by atoms with Gasteiger partial charge in [-0.2, -0.15) is 0 Å². The molecular formula is C20H22ClN3O. The van der Waals surface area contributed by atoms with Crippen LogP contribution in [-0.2, 0) is 4.74 Å². The molecule has 0 radical (unpaired) electrons. The Morgan fingerprint density at radius 2 is 1.84 bits per heavy atom. The van der Waals surface area contributed by atoms with E-state index < -0.39 is 0 Å². The molecule has 1 aliphatic rings. The van der Waals surface area contributed by atoms with Crippen LogP contribution in [0.3, 0.4) is 0 Å². The number of para-hydroxylation sites is 2. The molecule has 1 aromatic heterocycles. The lowest BCUT2D eigenvalue weighted by molar-refractivity contribution is -0.0264. The molecule has 0 saturated carbocycles. The Labute approximate surface area is 152 Å². The molecule has 4 nitrogen and oxygen atoms in total. The first kappa shape index (κ1) is 16.6. The average Bonchev–Trinajstić information content (AvgIpc) is 3.06. The highest BCUT2D eigenvalue weighted by Gasteiger charge is 2.25. The molecule has 5 heteroatoms. The van der Waals surface area contributed by atoms with E-state index >= 15 is 0 Å². The van der Waals surface area contributed by atoms with Crippen LogP contribution in [-0.4, -0.2) is 41.1 Å². The van der Waals surface area contributed by atoms with Crippen molar-refractivity contribution in [1.29, 1.82) is 0 Å². The monoisotopic (exact) mass is 355 g/mol. The molecule has 0 spiro atoms. The van der Waals surface area contributed by atoms with Gasteiger partial charge in [0.15, 0.2) is 0 Å². The van der Waals surface area contributed by atoms with Crippen LogP contribution in [0.5, 0.6) is 0 Å². The third-order valence-electron chi connectivity index (χ3n) is 4.82. The van der Waals surface area contributed by atoms with Gasteiger partial charge in [-0.05, 0) is 49.7 Å². The first-order valence-electron chi connectivity index (χ1n) is 8.73. The van der Waals surface area contributed by atoms with Crippen LogP contribution < -0.4 is 0 Å². The second-order valence-corrected chi connectivity index (χ2v) is 7.15. The van der Waals surface area contributed by atoms with Crippen molar-refractivity contribution in [2.24, 2.45) is 0 Å². The molecule has 25 heavy (non-hydrogen) atoms. The summed E-state index contributed by atoms with van der Waals surface area (Å²) in [6, 6.07) is 15.9. The van der Waals surface area contributed by atoms with Crippen molar-refractivity contribution in [3.05, 3.63) is 64.9 Å². The molecule has 0 bridgehead atoms. The lowest BCUT2D eigenvalue weighted by Crippen LogP contribution is -2.35. The Morgan fingerprint density at radius 1 is 1.12 bits per heavy atom. The van der Waals surface area contributed by atoms with E-state index in [0.29, 0.717) is 0 Å². The van der Waals surface area contributed by atoms with Crippen molar-refractivity contribution >= 4 is 22.6 Å². The predicted molar refractivity (Wildman–Crippen MR) is 101 cm³/mol. The summed E-state index contributed by atoms with van der Waals surface area (Å²) in [4.78, 5) is 10.5. The van der Waals surface area contributed by atoms with Crippen LogP contribution in [0.25, 0.3) is 11.0 Å². The minimum atomic E-state index is -0.210. The largest absolute Gasteiger partial charge is 0.362 e. The minimum absolute atomic E-state index is 0.210. The van der Waals surface area contributed by atoms with Crippen molar-refractivity contribution in [3.8, 4) is 0 Å². The van der Waals surface area contributed by atoms with Crippen LogP contribution in [0.4, 0.5) is 0 Å². The van der Waals surface area contributed by atoms with Crippen molar-refractivity contribution in [3.63, 3.8) is 0 Å². The SMILES string of the molecule is CN1CCC(OC(c2ccc(Cl)cc2)c2nc3ccccc3[nH]2)CC1. The van der Waals surface area contributed by atoms with Gasteiger partial charge in [-0.3, -0.25) is 0 Å². The van der Waals surface area contributed by atoms with Crippen LogP contribution in [0.2, 0.25) is 5.02 Å². The lowest BCUT2D eigenvalue weighted by Gasteiger charge is -2.31. The average molecular weight is 356 g/mol. The number of nitrogens with zero attached hydrogens (tertiary/aromatic N) is 2. The number of aromatic nitrogens is 2. The third kappa shape index (κ3) is 3.71. The molecular weight excluding hydrogens is 334 g/mol. The molecule has 130 valence electrons. The molecule has 1 atom stereocenters. The predicted octanol–water partition coefficient (Wildman–Crippen LogP) is 4.42. The molecule has 2 aromatic carbocycles. The van der Waals surface area contributed by atoms with E-state index in [1.165, 1.54) is 0 Å². The number of likely N-dealkylation sites (tertiary alicyclic amines) is 1. The van der Waals surface area contributed by atoms with Crippen molar-refractivity contribution in [2.45, 2.75) is 25.0 Å². The second-order valence-electron chi connectivity index (χ2n) is 6.71. The molecule has 2 heterocycles. The lowest BCUT2D eigenvalue weighted by atomic mass is 10.1. The molecule has 1 aliphatic heterocycles. The molecule has 1 saturated heterocycles. The van der Waals surface area contributed by atoms with Crippen molar-refractivity contribution < 1.29 is 4.74 Å². The summed E-state index contributed by atoms with van der Waals surface area (Å²) in [5, 5.41) is 0.728. The van der Waals surface area contributed by atoms with Crippen LogP contribution in [0, 0.1) is 0 Å². The number of hydrogen-bond donors (Lipinski definition) is 1. The van der Waals surface area contributed by atoms with Gasteiger partial charge in [0, 0.05) is 18.1 Å². The second kappa shape index (κ2) is 7.16. The zero-order valence-corrected chi connectivity index (χ0v) is 15.0. The van der Waals surface area contributed by atoms with E-state index in [1.54, 1.807) is 0 Å². The maximum Gasteiger partial charge on any atom is 0.141 e. The maximum atomic E-state index is 6.52. The van der Waals surface area contributed by atoms with E-state index in [9.17, 15) is 0 Å². The summed E-state index contributed by atoms with van der Waals surface area (Å²) >= 11 is 6.06. The molecule has 1 fully saturated rings. The number of piperidine rings is 1. The highest BCUT2D eigenvalue weighted by molar-refractivity contribution is 6.30. The summed E-state index contributed by atoms with van der Waals surface area (Å²) in [6.07, 6.45) is 2.12. The van der Waals surface area contributed by atoms with Gasteiger partial charge >= 0.3 is 0 Å². The number of nitrogens with one attached hydrogen (secondary N) is 1. The van der Waals surface area contributed by atoms with E-state index in [-0.39, 0.29) is 12.2 Å². The fraction of sp³-hybridized carbons (Fsp3) is 0.350. The van der Waals surface area contributed by atoms with E-state index in [0.717, 1.165) is 53.4 Å². The van der Waals surface area contributed by atoms with Gasteiger partial charge in [-0.15, -0.1) is 0 Å². The van der Waals surface area contributed by atoms with Gasteiger partial charge in [0.05, 0.1) is 17.1 Å². The van der Waals surface area contributed by atoms with Gasteiger partial charge in [0.25, 0.3) is 0 Å². The number of hydrogen-bond acceptors (Lipinski definition) is 3. The highest BCUT2D eigenvalue weighted by Crippen LogP contribution is 2.30. The van der Waals surface area contributed by atoms with Crippen molar-refractivity contribution in [1.82, 2.24) is 14.9 Å². The Kier molecular flexibility index (Phi) is 4.75. The number of aromatic amines is 1. The quantitative estimate of drug-likeness (QED) is 0.753. The smallest absolute Gasteiger partial charge is 0.141 e. The summed E-state index contributed by atoms with van der Waals surface area (Å²) in [5.74, 6) is 0.849. The summed E-state index contributed by atoms with van der Waals surface area (Å²) < 4.78 is 6.52.